The average Bonchev–Trinajstić information content (AvgIpc) is 2.56. The Balaban J connectivity index is 1.99. The van der Waals surface area contributed by atoms with Crippen molar-refractivity contribution in [2.24, 2.45) is 0 Å². The van der Waals surface area contributed by atoms with Crippen molar-refractivity contribution in [3.63, 3.8) is 0 Å². The van der Waals surface area contributed by atoms with Crippen LogP contribution in [0.1, 0.15) is 36.6 Å². The first-order valence-electron chi connectivity index (χ1n) is 7.78. The molecule has 0 saturated carbocycles. The molecule has 2 heteroatoms. The van der Waals surface area contributed by atoms with Crippen LogP contribution in [0.4, 0.5) is 0 Å². The summed E-state index contributed by atoms with van der Waals surface area (Å²) >= 11 is 0. The van der Waals surface area contributed by atoms with Crippen molar-refractivity contribution in [3.05, 3.63) is 71.3 Å². The third kappa shape index (κ3) is 4.42. The molecule has 0 aliphatic heterocycles. The molecule has 21 heavy (non-hydrogen) atoms. The highest BCUT2D eigenvalue weighted by Gasteiger charge is 2.09. The van der Waals surface area contributed by atoms with E-state index in [0.717, 1.165) is 37.2 Å². The third-order valence-electron chi connectivity index (χ3n) is 4.02. The minimum Gasteiger partial charge on any atom is -0.384 e. The molecule has 2 aromatic carbocycles. The van der Waals surface area contributed by atoms with Crippen LogP contribution in [-0.4, -0.2) is 29.6 Å². The maximum atomic E-state index is 10.4. The summed E-state index contributed by atoms with van der Waals surface area (Å²) in [6.07, 6.45) is 0.520. The van der Waals surface area contributed by atoms with Crippen LogP contribution in [-0.2, 0) is 6.42 Å². The Morgan fingerprint density at radius 1 is 0.857 bits per heavy atom. The molecule has 1 atom stereocenters. The van der Waals surface area contributed by atoms with Crippen molar-refractivity contribution in [2.75, 3.05) is 19.6 Å². The van der Waals surface area contributed by atoms with Gasteiger partial charge in [0.15, 0.2) is 0 Å². The van der Waals surface area contributed by atoms with Crippen LogP contribution in [0.3, 0.4) is 0 Å². The molecule has 1 unspecified atom stereocenters. The number of aliphatic hydroxyl groups is 1. The van der Waals surface area contributed by atoms with E-state index in [1.165, 1.54) is 5.56 Å². The van der Waals surface area contributed by atoms with E-state index in [9.17, 15) is 5.11 Å². The summed E-state index contributed by atoms with van der Waals surface area (Å²) in [7, 11) is 0. The molecule has 0 bridgehead atoms. The number of benzene rings is 2. The highest BCUT2D eigenvalue weighted by molar-refractivity contribution is 5.31. The van der Waals surface area contributed by atoms with Gasteiger partial charge >= 0.3 is 0 Å². The lowest BCUT2D eigenvalue weighted by Gasteiger charge is -2.18. The van der Waals surface area contributed by atoms with Gasteiger partial charge in [-0.15, -0.1) is 0 Å². The van der Waals surface area contributed by atoms with E-state index < -0.39 is 6.10 Å². The molecule has 2 nitrogen and oxygen atoms in total. The quantitative estimate of drug-likeness (QED) is 0.838. The van der Waals surface area contributed by atoms with E-state index in [-0.39, 0.29) is 0 Å². The predicted molar refractivity (Wildman–Crippen MR) is 88.4 cm³/mol. The van der Waals surface area contributed by atoms with Crippen molar-refractivity contribution in [2.45, 2.75) is 26.4 Å². The highest BCUT2D eigenvalue weighted by Crippen LogP contribution is 2.21. The van der Waals surface area contributed by atoms with E-state index in [2.05, 4.69) is 30.9 Å². The van der Waals surface area contributed by atoms with Gasteiger partial charge in [-0.05, 0) is 36.2 Å². The largest absolute Gasteiger partial charge is 0.384 e. The number of hydrogen-bond acceptors (Lipinski definition) is 2. The predicted octanol–water partition coefficient (Wildman–Crippen LogP) is 3.65. The van der Waals surface area contributed by atoms with Gasteiger partial charge in [0.1, 0.15) is 6.10 Å². The Morgan fingerprint density at radius 2 is 1.43 bits per heavy atom. The smallest absolute Gasteiger partial charge is 0.104 e. The Labute approximate surface area is 128 Å². The molecule has 0 aliphatic carbocycles. The van der Waals surface area contributed by atoms with E-state index in [1.54, 1.807) is 0 Å². The number of rotatable bonds is 7. The van der Waals surface area contributed by atoms with Crippen molar-refractivity contribution in [3.8, 4) is 0 Å². The van der Waals surface area contributed by atoms with Crippen LogP contribution in [0, 0.1) is 0 Å². The van der Waals surface area contributed by atoms with Crippen LogP contribution in [0.5, 0.6) is 0 Å². The van der Waals surface area contributed by atoms with Gasteiger partial charge in [-0.25, -0.2) is 0 Å². The molecule has 0 spiro atoms. The summed E-state index contributed by atoms with van der Waals surface area (Å²) in [5, 5.41) is 10.4. The summed E-state index contributed by atoms with van der Waals surface area (Å²) in [6.45, 7) is 7.68. The van der Waals surface area contributed by atoms with Gasteiger partial charge in [-0.2, -0.15) is 0 Å². The number of hydrogen-bond donors (Lipinski definition) is 1. The zero-order valence-electron chi connectivity index (χ0n) is 13.0. The maximum absolute atomic E-state index is 10.4. The maximum Gasteiger partial charge on any atom is 0.104 e. The third-order valence-corrected chi connectivity index (χ3v) is 4.02. The number of aliphatic hydroxyl groups excluding tert-OH is 1. The van der Waals surface area contributed by atoms with Crippen LogP contribution in [0.15, 0.2) is 54.6 Å². The summed E-state index contributed by atoms with van der Waals surface area (Å²) in [4.78, 5) is 2.42. The Kier molecular flexibility index (Phi) is 5.97. The number of nitrogens with zero attached hydrogens (tertiary/aromatic N) is 1. The molecule has 1 N–H and O–H groups in total. The molecule has 2 rings (SSSR count). The Bertz CT molecular complexity index is 517. The summed E-state index contributed by atoms with van der Waals surface area (Å²) in [6, 6.07) is 18.1. The first-order chi connectivity index (χ1) is 10.2. The first-order valence-corrected chi connectivity index (χ1v) is 7.78. The first kappa shape index (κ1) is 15.7. The molecule has 0 aliphatic rings. The van der Waals surface area contributed by atoms with Crippen LogP contribution < -0.4 is 0 Å². The van der Waals surface area contributed by atoms with Crippen molar-refractivity contribution in [1.29, 1.82) is 0 Å². The van der Waals surface area contributed by atoms with Crippen molar-refractivity contribution < 1.29 is 5.11 Å². The van der Waals surface area contributed by atoms with Gasteiger partial charge in [0.25, 0.3) is 0 Å². The fourth-order valence-corrected chi connectivity index (χ4v) is 2.52. The number of likely N-dealkylation sites (N-methyl/N-ethyl adjacent to an activating group) is 1. The van der Waals surface area contributed by atoms with Crippen molar-refractivity contribution in [1.82, 2.24) is 4.90 Å². The Morgan fingerprint density at radius 3 is 2.00 bits per heavy atom. The van der Waals surface area contributed by atoms with Gasteiger partial charge in [-0.3, -0.25) is 0 Å². The standard InChI is InChI=1S/C19H25NO/c1-3-20(4-2)15-14-16-10-12-18(13-11-16)19(21)17-8-6-5-7-9-17/h5-13,19,21H,3-4,14-15H2,1-2H3. The molecular weight excluding hydrogens is 258 g/mol. The van der Waals surface area contributed by atoms with E-state index in [4.69, 9.17) is 0 Å². The molecular formula is C19H25NO. The SMILES string of the molecule is CCN(CC)CCc1ccc(C(O)c2ccccc2)cc1. The van der Waals surface area contributed by atoms with Crippen molar-refractivity contribution >= 4 is 0 Å². The van der Waals surface area contributed by atoms with Gasteiger partial charge < -0.3 is 10.0 Å². The fraction of sp³-hybridized carbons (Fsp3) is 0.368. The zero-order valence-corrected chi connectivity index (χ0v) is 13.0. The minimum absolute atomic E-state index is 0.539. The van der Waals surface area contributed by atoms with Crippen LogP contribution in [0.2, 0.25) is 0 Å². The van der Waals surface area contributed by atoms with Gasteiger partial charge in [0.2, 0.25) is 0 Å². The molecule has 0 radical (unpaired) electrons. The van der Waals surface area contributed by atoms with E-state index >= 15 is 0 Å². The highest BCUT2D eigenvalue weighted by atomic mass is 16.3. The topological polar surface area (TPSA) is 23.5 Å². The van der Waals surface area contributed by atoms with Gasteiger partial charge in [-0.1, -0.05) is 68.4 Å². The van der Waals surface area contributed by atoms with Gasteiger partial charge in [0, 0.05) is 6.54 Å². The molecule has 2 aromatic rings. The second kappa shape index (κ2) is 7.96. The molecule has 0 amide bonds. The minimum atomic E-state index is -0.539. The second-order valence-electron chi connectivity index (χ2n) is 5.33. The summed E-state index contributed by atoms with van der Waals surface area (Å²) < 4.78 is 0. The second-order valence-corrected chi connectivity index (χ2v) is 5.33. The summed E-state index contributed by atoms with van der Waals surface area (Å²) in [5.41, 5.74) is 3.21. The molecule has 0 fully saturated rings. The Hall–Kier alpha value is -1.64. The van der Waals surface area contributed by atoms with Gasteiger partial charge in [0.05, 0.1) is 0 Å². The van der Waals surface area contributed by atoms with E-state index in [0.29, 0.717) is 0 Å². The fourth-order valence-electron chi connectivity index (χ4n) is 2.52. The molecule has 0 heterocycles. The lowest BCUT2D eigenvalue weighted by molar-refractivity contribution is 0.220. The zero-order chi connectivity index (χ0) is 15.1. The lowest BCUT2D eigenvalue weighted by atomic mass is 10.00. The van der Waals surface area contributed by atoms with Crippen LogP contribution >= 0.6 is 0 Å². The monoisotopic (exact) mass is 283 g/mol. The lowest BCUT2D eigenvalue weighted by Crippen LogP contribution is -2.25. The van der Waals surface area contributed by atoms with E-state index in [1.807, 2.05) is 42.5 Å². The molecule has 0 saturated heterocycles. The average molecular weight is 283 g/mol. The molecule has 112 valence electrons. The summed E-state index contributed by atoms with van der Waals surface area (Å²) in [5.74, 6) is 0. The molecule has 0 aromatic heterocycles. The normalized spacial score (nSPS) is 12.6. The van der Waals surface area contributed by atoms with Crippen LogP contribution in [0.25, 0.3) is 0 Å².